The van der Waals surface area contributed by atoms with Crippen LogP contribution in [0.5, 0.6) is 0 Å². The van der Waals surface area contributed by atoms with Crippen molar-refractivity contribution < 1.29 is 14.2 Å². The predicted octanol–water partition coefficient (Wildman–Crippen LogP) is 3.33. The van der Waals surface area contributed by atoms with Gasteiger partial charge in [0, 0.05) is 84.0 Å². The zero-order chi connectivity index (χ0) is 33.8. The van der Waals surface area contributed by atoms with Crippen molar-refractivity contribution in [1.82, 2.24) is 35.1 Å². The maximum Gasteiger partial charge on any atom is 0.208 e. The zero-order valence-corrected chi connectivity index (χ0v) is 25.9. The van der Waals surface area contributed by atoms with Crippen LogP contribution in [-0.4, -0.2) is 78.4 Å². The van der Waals surface area contributed by atoms with Crippen LogP contribution in [0.15, 0.2) is 73.1 Å². The van der Waals surface area contributed by atoms with E-state index in [2.05, 4.69) is 45.7 Å². The number of alkyl halides is 1. The number of aromatic nitrogens is 6. The lowest BCUT2D eigenvalue weighted by molar-refractivity contribution is 0.589. The number of benzene rings is 2. The summed E-state index contributed by atoms with van der Waals surface area (Å²) in [6, 6.07) is 19.2. The van der Waals surface area contributed by atoms with E-state index in [4.69, 9.17) is 18.6 Å². The Kier molecular flexibility index (Phi) is 10.9. The Labute approximate surface area is 266 Å². The van der Waals surface area contributed by atoms with Crippen LogP contribution < -0.4 is 32.6 Å². The summed E-state index contributed by atoms with van der Waals surface area (Å²) in [6.07, 6.45) is 4.54. The number of anilines is 4. The first-order chi connectivity index (χ1) is 22.6. The maximum absolute atomic E-state index is 11.1. The Hall–Kier alpha value is -5.32. The highest BCUT2D eigenvalue weighted by molar-refractivity contribution is 7.88. The van der Waals surface area contributed by atoms with Gasteiger partial charge in [0.05, 0.1) is 37.2 Å². The summed E-state index contributed by atoms with van der Waals surface area (Å²) >= 11 is 0. The van der Waals surface area contributed by atoms with E-state index in [0.29, 0.717) is 31.3 Å². The van der Waals surface area contributed by atoms with E-state index < -0.39 is 17.2 Å². The summed E-state index contributed by atoms with van der Waals surface area (Å²) in [6.45, 7) is 1.99. The monoisotopic (exact) mass is 649 g/mol. The number of hydrogen-bond donors (Lipinski definition) is 8. The lowest BCUT2D eigenvalue weighted by atomic mass is 10.1. The van der Waals surface area contributed by atoms with Crippen LogP contribution in [0.4, 0.5) is 27.4 Å². The Morgan fingerprint density at radius 3 is 1.67 bits per heavy atom. The largest absolute Gasteiger partial charge is 0.384 e. The molecule has 4 heterocycles. The molecule has 0 amide bonds. The van der Waals surface area contributed by atoms with Gasteiger partial charge in [-0.05, 0) is 24.3 Å². The first-order valence-corrected chi connectivity index (χ1v) is 15.9. The molecule has 0 atom stereocenters. The van der Waals surface area contributed by atoms with Crippen molar-refractivity contribution >= 4 is 54.8 Å². The number of nitrogens with zero attached hydrogens (tertiary/aromatic N) is 4. The summed E-state index contributed by atoms with van der Waals surface area (Å²) < 4.78 is 40.1. The van der Waals surface area contributed by atoms with Gasteiger partial charge in [-0.25, -0.2) is 23.1 Å². The molecule has 0 aliphatic carbocycles. The molecule has 0 bridgehead atoms. The lowest BCUT2D eigenvalue weighted by Gasteiger charge is -2.11. The summed E-state index contributed by atoms with van der Waals surface area (Å²) in [5.74, 6) is 0.876. The number of nitrogen functional groups attached to an aromatic ring is 2. The number of aromatic amines is 2. The summed E-state index contributed by atoms with van der Waals surface area (Å²) in [7, 11) is -4.20. The summed E-state index contributed by atoms with van der Waals surface area (Å²) in [5.41, 5.74) is 24.5. The van der Waals surface area contributed by atoms with Gasteiger partial charge in [-0.2, -0.15) is 10.2 Å². The van der Waals surface area contributed by atoms with Gasteiger partial charge >= 0.3 is 0 Å². The highest BCUT2D eigenvalue weighted by atomic mass is 32.2. The SMILES string of the molecule is CS(=O)(=O)NCCNc1cc(N)nc2cc(-c3ccn[nH]3)ccc12.NCCNc1cc(N)nc2cc(-c3ccn[nH]3)ccc12.[2H]CF. The molecule has 4 aromatic heterocycles. The lowest BCUT2D eigenvalue weighted by Crippen LogP contribution is -2.27. The van der Waals surface area contributed by atoms with Crippen molar-refractivity contribution in [3.8, 4) is 22.5 Å². The van der Waals surface area contributed by atoms with Crippen LogP contribution in [-0.2, 0) is 10.0 Å². The average Bonchev–Trinajstić information content (AvgIpc) is 3.77. The molecule has 6 aromatic rings. The fourth-order valence-corrected chi connectivity index (χ4v) is 5.07. The van der Waals surface area contributed by atoms with Gasteiger partial charge in [-0.1, -0.05) is 24.3 Å². The molecule has 14 nitrogen and oxygen atoms in total. The van der Waals surface area contributed by atoms with Crippen LogP contribution in [0, 0.1) is 0 Å². The van der Waals surface area contributed by atoms with E-state index in [1.165, 1.54) is 0 Å². The van der Waals surface area contributed by atoms with Crippen molar-refractivity contribution in [2.75, 3.05) is 61.7 Å². The van der Waals surface area contributed by atoms with E-state index in [1.54, 1.807) is 18.5 Å². The molecule has 0 unspecified atom stereocenters. The topological polar surface area (TPSA) is 231 Å². The first-order valence-electron chi connectivity index (χ1n) is 14.7. The van der Waals surface area contributed by atoms with Crippen LogP contribution in [0.2, 0.25) is 0 Å². The zero-order valence-electron chi connectivity index (χ0n) is 26.1. The third kappa shape index (κ3) is 8.87. The van der Waals surface area contributed by atoms with Gasteiger partial charge in [0.1, 0.15) is 11.6 Å². The van der Waals surface area contributed by atoms with E-state index in [1.807, 2.05) is 54.6 Å². The quantitative estimate of drug-likeness (QED) is 0.100. The minimum Gasteiger partial charge on any atom is -0.384 e. The van der Waals surface area contributed by atoms with E-state index >= 15 is 0 Å². The second kappa shape index (κ2) is 15.6. The maximum atomic E-state index is 11.1. The minimum atomic E-state index is -3.20. The fraction of sp³-hybridized carbons (Fsp3) is 0.200. The number of pyridine rings is 2. The summed E-state index contributed by atoms with van der Waals surface area (Å²) in [5, 5.41) is 22.1. The Bertz CT molecular complexity index is 1990. The Morgan fingerprint density at radius 1 is 0.783 bits per heavy atom. The standard InChI is InChI=1S/C15H18N6O2S.C14H16N6.CH3F/c1-24(22,23)19-7-6-17-13-9-15(16)20-14-8-10(2-3-11(13)14)12-4-5-18-21-12;15-4-6-17-12-8-14(16)19-13-7-9(1-2-10(12)13)11-3-5-18-20-11;1-2/h2-5,8-9,19H,6-7H2,1H3,(H,18,21)(H3,16,17,20);1-3,5,7-8H,4,6,15H2,(H,18,20)(H3,16,17,19);1H3/i;;1D. The first kappa shape index (κ1) is 32.1. The predicted molar refractivity (Wildman–Crippen MR) is 183 cm³/mol. The number of nitrogens with one attached hydrogen (secondary N) is 5. The highest BCUT2D eigenvalue weighted by Crippen LogP contribution is 2.29. The molecule has 0 spiro atoms. The van der Waals surface area contributed by atoms with Crippen LogP contribution in [0.1, 0.15) is 1.37 Å². The molecule has 0 radical (unpaired) electrons. The molecular weight excluding hydrogens is 611 g/mol. The minimum absolute atomic E-state index is 0.286. The smallest absolute Gasteiger partial charge is 0.208 e. The van der Waals surface area contributed by atoms with Gasteiger partial charge in [0.25, 0.3) is 0 Å². The fourth-order valence-electron chi connectivity index (χ4n) is 4.60. The molecule has 16 heteroatoms. The number of sulfonamides is 1. The van der Waals surface area contributed by atoms with Crippen molar-refractivity contribution in [2.24, 2.45) is 5.73 Å². The second-order valence-corrected chi connectivity index (χ2v) is 11.7. The van der Waals surface area contributed by atoms with Gasteiger partial charge in [0.2, 0.25) is 10.0 Å². The Morgan fingerprint density at radius 2 is 1.26 bits per heavy atom. The molecule has 46 heavy (non-hydrogen) atoms. The number of H-pyrrole nitrogens is 2. The third-order valence-corrected chi connectivity index (χ3v) is 7.28. The third-order valence-electron chi connectivity index (χ3n) is 6.55. The molecule has 11 N–H and O–H groups in total. The van der Waals surface area contributed by atoms with Crippen LogP contribution >= 0.6 is 0 Å². The number of halogens is 1. The Balaban J connectivity index is 0.000000199. The molecule has 242 valence electrons. The normalized spacial score (nSPS) is 11.2. The van der Waals surface area contributed by atoms with Crippen molar-refractivity contribution in [2.45, 2.75) is 0 Å². The van der Waals surface area contributed by atoms with E-state index in [-0.39, 0.29) is 6.54 Å². The highest BCUT2D eigenvalue weighted by Gasteiger charge is 2.09. The number of rotatable bonds is 10. The van der Waals surface area contributed by atoms with Crippen LogP contribution in [0.3, 0.4) is 0 Å². The van der Waals surface area contributed by atoms with Crippen molar-refractivity contribution in [3.05, 3.63) is 73.1 Å². The molecular formula is C30H37FN12O2S. The summed E-state index contributed by atoms with van der Waals surface area (Å²) in [4.78, 5) is 8.75. The average molecular weight is 650 g/mol. The number of nitrogens with two attached hydrogens (primary N) is 3. The molecule has 0 aliphatic rings. The number of hydrogen-bond acceptors (Lipinski definition) is 11. The number of fused-ring (bicyclic) bond motifs is 2. The van der Waals surface area contributed by atoms with Crippen molar-refractivity contribution in [3.63, 3.8) is 0 Å². The van der Waals surface area contributed by atoms with Gasteiger partial charge in [-0.15, -0.1) is 0 Å². The molecule has 6 rings (SSSR count). The van der Waals surface area contributed by atoms with E-state index in [9.17, 15) is 12.8 Å². The van der Waals surface area contributed by atoms with Gasteiger partial charge in [-0.3, -0.25) is 14.6 Å². The molecule has 0 aliphatic heterocycles. The molecule has 2 aromatic carbocycles. The van der Waals surface area contributed by atoms with Crippen LogP contribution in [0.25, 0.3) is 44.3 Å². The molecule has 0 saturated heterocycles. The van der Waals surface area contributed by atoms with E-state index in [0.717, 1.165) is 62.0 Å². The van der Waals surface area contributed by atoms with Crippen molar-refractivity contribution in [1.29, 1.82) is 0 Å². The second-order valence-electron chi connectivity index (χ2n) is 9.90. The van der Waals surface area contributed by atoms with Gasteiger partial charge < -0.3 is 27.8 Å². The molecule has 0 fully saturated rings. The molecule has 0 saturated carbocycles. The van der Waals surface area contributed by atoms with Gasteiger partial charge in [0.15, 0.2) is 0 Å².